The van der Waals surface area contributed by atoms with Crippen LogP contribution in [0, 0.1) is 0 Å². The molecule has 1 nitrogen and oxygen atoms in total. The molecule has 0 aliphatic carbocycles. The molecule has 0 aromatic rings. The molecule has 1 aliphatic heterocycles. The summed E-state index contributed by atoms with van der Waals surface area (Å²) in [5, 5.41) is 1.53. The molecule has 3 heteroatoms. The zero-order valence-electron chi connectivity index (χ0n) is 7.60. The lowest BCUT2D eigenvalue weighted by Crippen LogP contribution is -2.40. The van der Waals surface area contributed by atoms with Crippen molar-refractivity contribution in [3.63, 3.8) is 0 Å². The average molecular weight is 255 g/mol. The number of nitrogens with zero attached hydrogens (tertiary/aromatic N) is 1. The third-order valence-corrected chi connectivity index (χ3v) is 3.50. The summed E-state index contributed by atoms with van der Waals surface area (Å²) in [5.74, 6) is 0. The number of alkyl halides is 2. The van der Waals surface area contributed by atoms with E-state index in [2.05, 4.69) is 27.8 Å². The van der Waals surface area contributed by atoms with Crippen molar-refractivity contribution < 1.29 is 0 Å². The van der Waals surface area contributed by atoms with Crippen molar-refractivity contribution in [1.29, 1.82) is 0 Å². The van der Waals surface area contributed by atoms with Gasteiger partial charge in [0.15, 0.2) is 0 Å². The smallest absolute Gasteiger partial charge is 0.0360 e. The fourth-order valence-electron chi connectivity index (χ4n) is 1.65. The summed E-state index contributed by atoms with van der Waals surface area (Å²) in [5.41, 5.74) is 0. The molecule has 0 aromatic carbocycles. The van der Waals surface area contributed by atoms with Crippen molar-refractivity contribution in [3.8, 4) is 0 Å². The number of halogens is 2. The second kappa shape index (κ2) is 5.46. The van der Waals surface area contributed by atoms with E-state index in [0.29, 0.717) is 11.4 Å². The van der Waals surface area contributed by atoms with Crippen molar-refractivity contribution >= 4 is 27.5 Å². The fourth-order valence-corrected chi connectivity index (χ4v) is 2.51. The first-order chi connectivity index (χ1) is 5.74. The Labute approximate surface area is 88.6 Å². The van der Waals surface area contributed by atoms with Gasteiger partial charge in [0.25, 0.3) is 0 Å². The van der Waals surface area contributed by atoms with Crippen LogP contribution in [0.25, 0.3) is 0 Å². The number of hydrogen-bond donors (Lipinski definition) is 0. The van der Waals surface area contributed by atoms with E-state index in [4.69, 9.17) is 11.6 Å². The number of hydrogen-bond acceptors (Lipinski definition) is 1. The first-order valence-corrected chi connectivity index (χ1v) is 6.24. The van der Waals surface area contributed by atoms with Crippen molar-refractivity contribution in [2.24, 2.45) is 0 Å². The standard InChI is InChI=1S/C9H17BrClN/c1-8(2-5-10)12-6-3-9(11)4-7-12/h8-9H,2-7H2,1H3. The van der Waals surface area contributed by atoms with Crippen LogP contribution in [-0.4, -0.2) is 34.7 Å². The molecule has 72 valence electrons. The Morgan fingerprint density at radius 2 is 2.08 bits per heavy atom. The van der Waals surface area contributed by atoms with E-state index in [0.717, 1.165) is 18.2 Å². The summed E-state index contributed by atoms with van der Waals surface area (Å²) < 4.78 is 0. The van der Waals surface area contributed by atoms with Gasteiger partial charge in [-0.25, -0.2) is 0 Å². The second-order valence-electron chi connectivity index (χ2n) is 3.54. The molecular formula is C9H17BrClN. The van der Waals surface area contributed by atoms with Crippen LogP contribution in [0.3, 0.4) is 0 Å². The Morgan fingerprint density at radius 3 is 2.58 bits per heavy atom. The van der Waals surface area contributed by atoms with E-state index in [9.17, 15) is 0 Å². The monoisotopic (exact) mass is 253 g/mol. The van der Waals surface area contributed by atoms with Gasteiger partial charge in [-0.3, -0.25) is 0 Å². The number of rotatable bonds is 3. The molecule has 0 aromatic heterocycles. The van der Waals surface area contributed by atoms with Crippen LogP contribution in [0.5, 0.6) is 0 Å². The van der Waals surface area contributed by atoms with Crippen molar-refractivity contribution in [3.05, 3.63) is 0 Å². The number of piperidine rings is 1. The molecule has 0 bridgehead atoms. The highest BCUT2D eigenvalue weighted by molar-refractivity contribution is 9.09. The van der Waals surface area contributed by atoms with Gasteiger partial charge >= 0.3 is 0 Å². The summed E-state index contributed by atoms with van der Waals surface area (Å²) in [7, 11) is 0. The molecule has 1 fully saturated rings. The lowest BCUT2D eigenvalue weighted by atomic mass is 10.1. The molecule has 0 spiro atoms. The maximum absolute atomic E-state index is 6.03. The van der Waals surface area contributed by atoms with Crippen molar-refractivity contribution in [1.82, 2.24) is 4.90 Å². The number of likely N-dealkylation sites (tertiary alicyclic amines) is 1. The quantitative estimate of drug-likeness (QED) is 0.700. The van der Waals surface area contributed by atoms with Crippen LogP contribution in [0.15, 0.2) is 0 Å². The first-order valence-electron chi connectivity index (χ1n) is 4.68. The van der Waals surface area contributed by atoms with Crippen LogP contribution in [0.4, 0.5) is 0 Å². The lowest BCUT2D eigenvalue weighted by molar-refractivity contribution is 0.173. The third kappa shape index (κ3) is 3.23. The Balaban J connectivity index is 2.24. The molecule has 0 amide bonds. The van der Waals surface area contributed by atoms with E-state index in [1.54, 1.807) is 0 Å². The average Bonchev–Trinajstić information content (AvgIpc) is 2.06. The molecule has 12 heavy (non-hydrogen) atoms. The van der Waals surface area contributed by atoms with Crippen LogP contribution in [0.1, 0.15) is 26.2 Å². The van der Waals surface area contributed by atoms with Gasteiger partial charge in [0.1, 0.15) is 0 Å². The van der Waals surface area contributed by atoms with E-state index < -0.39 is 0 Å². The highest BCUT2D eigenvalue weighted by atomic mass is 79.9. The highest BCUT2D eigenvalue weighted by Gasteiger charge is 2.20. The topological polar surface area (TPSA) is 3.24 Å². The first kappa shape index (κ1) is 10.8. The molecule has 1 unspecified atom stereocenters. The maximum atomic E-state index is 6.03. The maximum Gasteiger partial charge on any atom is 0.0360 e. The van der Waals surface area contributed by atoms with Gasteiger partial charge in [0.05, 0.1) is 0 Å². The van der Waals surface area contributed by atoms with E-state index in [-0.39, 0.29) is 0 Å². The molecule has 0 radical (unpaired) electrons. The van der Waals surface area contributed by atoms with Crippen molar-refractivity contribution in [2.45, 2.75) is 37.6 Å². The van der Waals surface area contributed by atoms with Crippen LogP contribution < -0.4 is 0 Å². The summed E-state index contributed by atoms with van der Waals surface area (Å²) >= 11 is 9.50. The Morgan fingerprint density at radius 1 is 1.50 bits per heavy atom. The summed E-state index contributed by atoms with van der Waals surface area (Å²) in [6.07, 6.45) is 3.56. The van der Waals surface area contributed by atoms with Crippen LogP contribution in [0.2, 0.25) is 0 Å². The predicted octanol–water partition coefficient (Wildman–Crippen LogP) is 2.86. The molecule has 1 heterocycles. The Kier molecular flexibility index (Phi) is 4.92. The molecule has 1 saturated heterocycles. The summed E-state index contributed by atoms with van der Waals surface area (Å²) in [6, 6.07) is 0.716. The minimum absolute atomic E-state index is 0.428. The SMILES string of the molecule is CC(CCBr)N1CCC(Cl)CC1. The van der Waals surface area contributed by atoms with Gasteiger partial charge in [-0.1, -0.05) is 15.9 Å². The van der Waals surface area contributed by atoms with Gasteiger partial charge in [-0.05, 0) is 39.3 Å². The second-order valence-corrected chi connectivity index (χ2v) is 4.95. The van der Waals surface area contributed by atoms with Gasteiger partial charge in [0.2, 0.25) is 0 Å². The summed E-state index contributed by atoms with van der Waals surface area (Å²) in [6.45, 7) is 4.67. The zero-order valence-corrected chi connectivity index (χ0v) is 9.94. The van der Waals surface area contributed by atoms with E-state index in [1.165, 1.54) is 19.5 Å². The minimum Gasteiger partial charge on any atom is -0.301 e. The summed E-state index contributed by atoms with van der Waals surface area (Å²) in [4.78, 5) is 2.54. The molecule has 0 saturated carbocycles. The molecule has 1 rings (SSSR count). The minimum atomic E-state index is 0.428. The largest absolute Gasteiger partial charge is 0.301 e. The van der Waals surface area contributed by atoms with Gasteiger partial charge in [0, 0.05) is 16.7 Å². The molecular weight excluding hydrogens is 237 g/mol. The van der Waals surface area contributed by atoms with Crippen LogP contribution >= 0.6 is 27.5 Å². The lowest BCUT2D eigenvalue weighted by Gasteiger charge is -2.33. The zero-order chi connectivity index (χ0) is 8.97. The van der Waals surface area contributed by atoms with E-state index >= 15 is 0 Å². The van der Waals surface area contributed by atoms with Gasteiger partial charge < -0.3 is 4.90 Å². The highest BCUT2D eigenvalue weighted by Crippen LogP contribution is 2.18. The third-order valence-electron chi connectivity index (χ3n) is 2.61. The molecule has 1 atom stereocenters. The molecule has 0 N–H and O–H groups in total. The van der Waals surface area contributed by atoms with Gasteiger partial charge in [-0.2, -0.15) is 0 Å². The Bertz CT molecular complexity index is 124. The predicted molar refractivity (Wildman–Crippen MR) is 58.3 cm³/mol. The van der Waals surface area contributed by atoms with E-state index in [1.807, 2.05) is 0 Å². The molecule has 1 aliphatic rings. The van der Waals surface area contributed by atoms with Crippen molar-refractivity contribution in [2.75, 3.05) is 18.4 Å². The normalized spacial score (nSPS) is 24.2. The fraction of sp³-hybridized carbons (Fsp3) is 1.00. The van der Waals surface area contributed by atoms with Gasteiger partial charge in [-0.15, -0.1) is 11.6 Å². The Hall–Kier alpha value is 0.730. The van der Waals surface area contributed by atoms with Crippen LogP contribution in [-0.2, 0) is 0 Å².